The molecule has 0 unspecified atom stereocenters. The number of hydrogen-bond acceptors (Lipinski definition) is 4. The van der Waals surface area contributed by atoms with Gasteiger partial charge in [-0.15, -0.1) is 0 Å². The van der Waals surface area contributed by atoms with E-state index in [-0.39, 0.29) is 0 Å². The Morgan fingerprint density at radius 1 is 1.13 bits per heavy atom. The Hall–Kier alpha value is -2.10. The van der Waals surface area contributed by atoms with E-state index in [1.165, 1.54) is 6.42 Å². The van der Waals surface area contributed by atoms with E-state index in [4.69, 9.17) is 4.98 Å². The summed E-state index contributed by atoms with van der Waals surface area (Å²) in [5, 5.41) is 3.43. The van der Waals surface area contributed by atoms with E-state index in [0.29, 0.717) is 5.92 Å². The van der Waals surface area contributed by atoms with Crippen LogP contribution in [0, 0.1) is 5.92 Å². The molecular weight excluding hydrogens is 284 g/mol. The minimum absolute atomic E-state index is 0.575. The number of nitrogens with one attached hydrogen (secondary N) is 1. The largest absolute Gasteiger partial charge is 0.370 e. The van der Waals surface area contributed by atoms with E-state index < -0.39 is 0 Å². The van der Waals surface area contributed by atoms with Gasteiger partial charge in [-0.25, -0.2) is 9.97 Å². The van der Waals surface area contributed by atoms with Crippen LogP contribution in [0.5, 0.6) is 0 Å². The SMILES string of the molecule is CCCCN(C)c1cc(NCC(C)C)nc(-c2ccccc2)n1. The number of unbranched alkanes of at least 4 members (excludes halogenated alkanes) is 1. The van der Waals surface area contributed by atoms with Crippen LogP contribution >= 0.6 is 0 Å². The van der Waals surface area contributed by atoms with Crippen molar-refractivity contribution in [2.24, 2.45) is 5.92 Å². The molecule has 124 valence electrons. The molecule has 0 bridgehead atoms. The average Bonchev–Trinajstić information content (AvgIpc) is 2.58. The van der Waals surface area contributed by atoms with Crippen LogP contribution in [-0.4, -0.2) is 30.1 Å². The third-order valence-corrected chi connectivity index (χ3v) is 3.67. The third kappa shape index (κ3) is 5.23. The molecule has 0 aliphatic rings. The van der Waals surface area contributed by atoms with Gasteiger partial charge in [0.1, 0.15) is 11.6 Å². The van der Waals surface area contributed by atoms with Crippen molar-refractivity contribution in [1.29, 1.82) is 0 Å². The fourth-order valence-corrected chi connectivity index (χ4v) is 2.26. The summed E-state index contributed by atoms with van der Waals surface area (Å²) < 4.78 is 0. The molecule has 0 aliphatic carbocycles. The number of anilines is 2. The minimum atomic E-state index is 0.575. The Balaban J connectivity index is 2.31. The average molecular weight is 312 g/mol. The predicted octanol–water partition coefficient (Wildman–Crippen LogP) is 4.45. The zero-order valence-corrected chi connectivity index (χ0v) is 14.7. The summed E-state index contributed by atoms with van der Waals surface area (Å²) >= 11 is 0. The molecule has 2 rings (SSSR count). The molecule has 0 amide bonds. The Kier molecular flexibility index (Phi) is 6.39. The number of aromatic nitrogens is 2. The van der Waals surface area contributed by atoms with Crippen LogP contribution in [0.4, 0.5) is 11.6 Å². The first kappa shape index (κ1) is 17.3. The van der Waals surface area contributed by atoms with E-state index >= 15 is 0 Å². The lowest BCUT2D eigenvalue weighted by Crippen LogP contribution is -2.20. The van der Waals surface area contributed by atoms with Gasteiger partial charge in [0.15, 0.2) is 5.82 Å². The van der Waals surface area contributed by atoms with Crippen molar-refractivity contribution >= 4 is 11.6 Å². The van der Waals surface area contributed by atoms with Gasteiger partial charge in [-0.2, -0.15) is 0 Å². The van der Waals surface area contributed by atoms with Gasteiger partial charge in [0.05, 0.1) is 0 Å². The number of hydrogen-bond donors (Lipinski definition) is 1. The first-order chi connectivity index (χ1) is 11.1. The van der Waals surface area contributed by atoms with Gasteiger partial charge in [-0.1, -0.05) is 57.5 Å². The van der Waals surface area contributed by atoms with Gasteiger partial charge in [0.2, 0.25) is 0 Å². The topological polar surface area (TPSA) is 41.0 Å². The first-order valence-electron chi connectivity index (χ1n) is 8.49. The summed E-state index contributed by atoms with van der Waals surface area (Å²) in [5.41, 5.74) is 1.05. The van der Waals surface area contributed by atoms with E-state index in [9.17, 15) is 0 Å². The standard InChI is InChI=1S/C19H28N4/c1-5-6-12-23(4)18-13-17(20-14-15(2)3)21-19(22-18)16-10-8-7-9-11-16/h7-11,13,15H,5-6,12,14H2,1-4H3,(H,20,21,22). The van der Waals surface area contributed by atoms with Crippen LogP contribution in [0.2, 0.25) is 0 Å². The molecule has 0 aliphatic heterocycles. The third-order valence-electron chi connectivity index (χ3n) is 3.67. The molecule has 1 aromatic carbocycles. The Morgan fingerprint density at radius 2 is 1.87 bits per heavy atom. The summed E-state index contributed by atoms with van der Waals surface area (Å²) in [5.74, 6) is 3.22. The number of benzene rings is 1. The van der Waals surface area contributed by atoms with Crippen LogP contribution in [0.15, 0.2) is 36.4 Å². The van der Waals surface area contributed by atoms with Crippen molar-refractivity contribution in [3.8, 4) is 11.4 Å². The lowest BCUT2D eigenvalue weighted by atomic mass is 10.2. The molecule has 1 aromatic heterocycles. The second kappa shape index (κ2) is 8.51. The quantitative estimate of drug-likeness (QED) is 0.782. The van der Waals surface area contributed by atoms with Gasteiger partial charge in [-0.3, -0.25) is 0 Å². The maximum Gasteiger partial charge on any atom is 0.163 e. The van der Waals surface area contributed by atoms with Gasteiger partial charge >= 0.3 is 0 Å². The van der Waals surface area contributed by atoms with E-state index in [1.807, 2.05) is 24.3 Å². The first-order valence-corrected chi connectivity index (χ1v) is 8.49. The van der Waals surface area contributed by atoms with Gasteiger partial charge < -0.3 is 10.2 Å². The molecule has 23 heavy (non-hydrogen) atoms. The molecule has 0 saturated carbocycles. The highest BCUT2D eigenvalue weighted by Gasteiger charge is 2.10. The Bertz CT molecular complexity index is 596. The highest BCUT2D eigenvalue weighted by atomic mass is 15.2. The zero-order chi connectivity index (χ0) is 16.7. The summed E-state index contributed by atoms with van der Waals surface area (Å²) in [6.45, 7) is 8.51. The molecule has 1 heterocycles. The maximum atomic E-state index is 4.76. The van der Waals surface area contributed by atoms with E-state index in [2.05, 4.69) is 55.2 Å². The van der Waals surface area contributed by atoms with Crippen molar-refractivity contribution in [1.82, 2.24) is 9.97 Å². The lowest BCUT2D eigenvalue weighted by molar-refractivity contribution is 0.686. The predicted molar refractivity (Wildman–Crippen MR) is 99.0 cm³/mol. The van der Waals surface area contributed by atoms with Crippen molar-refractivity contribution in [2.75, 3.05) is 30.4 Å². The lowest BCUT2D eigenvalue weighted by Gasteiger charge is -2.20. The molecule has 0 fully saturated rings. The van der Waals surface area contributed by atoms with E-state index in [1.54, 1.807) is 0 Å². The zero-order valence-electron chi connectivity index (χ0n) is 14.7. The molecule has 2 aromatic rings. The van der Waals surface area contributed by atoms with Crippen LogP contribution in [-0.2, 0) is 0 Å². The fourth-order valence-electron chi connectivity index (χ4n) is 2.26. The molecule has 0 saturated heterocycles. The molecule has 4 heteroatoms. The van der Waals surface area contributed by atoms with Gasteiger partial charge in [0.25, 0.3) is 0 Å². The highest BCUT2D eigenvalue weighted by Crippen LogP contribution is 2.22. The van der Waals surface area contributed by atoms with Crippen LogP contribution < -0.4 is 10.2 Å². The van der Waals surface area contributed by atoms with Gasteiger partial charge in [0, 0.05) is 31.8 Å². The summed E-state index contributed by atoms with van der Waals surface area (Å²) in [6.07, 6.45) is 2.34. The summed E-state index contributed by atoms with van der Waals surface area (Å²) in [6, 6.07) is 12.2. The number of nitrogens with zero attached hydrogens (tertiary/aromatic N) is 3. The molecule has 4 nitrogen and oxygen atoms in total. The second-order valence-corrected chi connectivity index (χ2v) is 6.35. The van der Waals surface area contributed by atoms with Crippen molar-refractivity contribution in [3.05, 3.63) is 36.4 Å². The highest BCUT2D eigenvalue weighted by molar-refractivity contribution is 5.61. The summed E-state index contributed by atoms with van der Waals surface area (Å²) in [7, 11) is 2.10. The number of rotatable bonds is 8. The van der Waals surface area contributed by atoms with Crippen molar-refractivity contribution < 1.29 is 0 Å². The molecule has 0 spiro atoms. The van der Waals surface area contributed by atoms with Crippen LogP contribution in [0.25, 0.3) is 11.4 Å². The minimum Gasteiger partial charge on any atom is -0.370 e. The molecule has 1 N–H and O–H groups in total. The van der Waals surface area contributed by atoms with Crippen LogP contribution in [0.3, 0.4) is 0 Å². The molecular formula is C19H28N4. The van der Waals surface area contributed by atoms with Crippen molar-refractivity contribution in [3.63, 3.8) is 0 Å². The van der Waals surface area contributed by atoms with Crippen molar-refractivity contribution in [2.45, 2.75) is 33.6 Å². The monoisotopic (exact) mass is 312 g/mol. The molecule has 0 radical (unpaired) electrons. The Morgan fingerprint density at radius 3 is 2.52 bits per heavy atom. The Labute approximate surface area is 140 Å². The molecule has 0 atom stereocenters. The fraction of sp³-hybridized carbons (Fsp3) is 0.474. The van der Waals surface area contributed by atoms with E-state index in [0.717, 1.165) is 42.5 Å². The second-order valence-electron chi connectivity index (χ2n) is 6.35. The smallest absolute Gasteiger partial charge is 0.163 e. The van der Waals surface area contributed by atoms with Gasteiger partial charge in [-0.05, 0) is 12.3 Å². The summed E-state index contributed by atoms with van der Waals surface area (Å²) in [4.78, 5) is 11.7. The van der Waals surface area contributed by atoms with Crippen LogP contribution in [0.1, 0.15) is 33.6 Å². The maximum absolute atomic E-state index is 4.76. The normalized spacial score (nSPS) is 10.8.